The summed E-state index contributed by atoms with van der Waals surface area (Å²) >= 11 is 3.42. The second-order valence-electron chi connectivity index (χ2n) is 5.35. The molecule has 24 heavy (non-hydrogen) atoms. The number of benzene rings is 2. The summed E-state index contributed by atoms with van der Waals surface area (Å²) in [5.74, 6) is 1.77. The number of hydrogen-bond donors (Lipinski definition) is 0. The lowest BCUT2D eigenvalue weighted by Gasteiger charge is -2.15. The van der Waals surface area contributed by atoms with Gasteiger partial charge in [0.2, 0.25) is 0 Å². The summed E-state index contributed by atoms with van der Waals surface area (Å²) in [5, 5.41) is 0. The van der Waals surface area contributed by atoms with Crippen LogP contribution in [-0.2, 0) is 14.6 Å². The molecule has 7 heteroatoms. The van der Waals surface area contributed by atoms with Crippen LogP contribution < -0.4 is 9.47 Å². The second-order valence-corrected chi connectivity index (χ2v) is 8.28. The molecule has 130 valence electrons. The second kappa shape index (κ2) is 8.00. The van der Waals surface area contributed by atoms with Crippen molar-refractivity contribution in [3.63, 3.8) is 0 Å². The Hall–Kier alpha value is -1.57. The van der Waals surface area contributed by atoms with Crippen molar-refractivity contribution >= 4 is 25.8 Å². The first-order valence-corrected chi connectivity index (χ1v) is 9.90. The molecule has 0 radical (unpaired) electrons. The highest BCUT2D eigenvalue weighted by molar-refractivity contribution is 9.10. The monoisotopic (exact) mass is 414 g/mol. The number of rotatable bonds is 7. The molecule has 0 saturated carbocycles. The maximum Gasteiger partial charge on any atom is 0.175 e. The van der Waals surface area contributed by atoms with E-state index in [4.69, 9.17) is 14.2 Å². The van der Waals surface area contributed by atoms with E-state index in [-0.39, 0.29) is 11.0 Å². The van der Waals surface area contributed by atoms with Crippen LogP contribution in [-0.4, -0.2) is 34.5 Å². The van der Waals surface area contributed by atoms with Crippen LogP contribution in [0, 0.1) is 0 Å². The highest BCUT2D eigenvalue weighted by atomic mass is 79.9. The van der Waals surface area contributed by atoms with Gasteiger partial charge < -0.3 is 14.2 Å². The lowest BCUT2D eigenvalue weighted by Crippen LogP contribution is -2.17. The molecule has 0 fully saturated rings. The van der Waals surface area contributed by atoms with E-state index < -0.39 is 9.84 Å². The van der Waals surface area contributed by atoms with Crippen LogP contribution in [0.3, 0.4) is 0 Å². The zero-order chi connectivity index (χ0) is 17.7. The maximum atomic E-state index is 11.5. The fourth-order valence-corrected chi connectivity index (χ4v) is 3.14. The molecule has 1 atom stereocenters. The first kappa shape index (κ1) is 18.8. The van der Waals surface area contributed by atoms with Gasteiger partial charge >= 0.3 is 0 Å². The number of sulfone groups is 1. The SMILES string of the molecule is COC[C@H](C)Oc1cc(Br)cc(Oc2ccc(S(C)(=O)=O)cc2)c1. The molecule has 5 nitrogen and oxygen atoms in total. The molecule has 0 bridgehead atoms. The van der Waals surface area contributed by atoms with Gasteiger partial charge in [-0.25, -0.2) is 8.42 Å². The van der Waals surface area contributed by atoms with Crippen molar-refractivity contribution in [1.29, 1.82) is 0 Å². The minimum Gasteiger partial charge on any atom is -0.488 e. The van der Waals surface area contributed by atoms with E-state index in [0.717, 1.165) is 4.47 Å². The number of hydrogen-bond acceptors (Lipinski definition) is 5. The average molecular weight is 415 g/mol. The van der Waals surface area contributed by atoms with Crippen molar-refractivity contribution in [2.75, 3.05) is 20.0 Å². The molecule has 0 unspecified atom stereocenters. The summed E-state index contributed by atoms with van der Waals surface area (Å²) in [7, 11) is -1.60. The van der Waals surface area contributed by atoms with Gasteiger partial charge in [0.25, 0.3) is 0 Å². The van der Waals surface area contributed by atoms with Crippen LogP contribution in [0.4, 0.5) is 0 Å². The number of halogens is 1. The largest absolute Gasteiger partial charge is 0.488 e. The molecule has 0 spiro atoms. The minimum atomic E-state index is -3.22. The van der Waals surface area contributed by atoms with Gasteiger partial charge in [-0.2, -0.15) is 0 Å². The van der Waals surface area contributed by atoms with Gasteiger partial charge in [0, 0.05) is 23.9 Å². The molecule has 0 aromatic heterocycles. The van der Waals surface area contributed by atoms with Gasteiger partial charge in [-0.15, -0.1) is 0 Å². The summed E-state index contributed by atoms with van der Waals surface area (Å²) in [6, 6.07) is 11.7. The Balaban J connectivity index is 2.16. The molecular weight excluding hydrogens is 396 g/mol. The predicted octanol–water partition coefficient (Wildman–Crippen LogP) is 4.06. The number of methoxy groups -OCH3 is 1. The van der Waals surface area contributed by atoms with Crippen LogP contribution in [0.15, 0.2) is 51.8 Å². The highest BCUT2D eigenvalue weighted by Gasteiger charge is 2.09. The van der Waals surface area contributed by atoms with E-state index in [0.29, 0.717) is 23.9 Å². The minimum absolute atomic E-state index is 0.0915. The summed E-state index contributed by atoms with van der Waals surface area (Å²) in [6.45, 7) is 2.39. The van der Waals surface area contributed by atoms with Gasteiger partial charge in [0.1, 0.15) is 23.4 Å². The molecule has 0 heterocycles. The van der Waals surface area contributed by atoms with E-state index >= 15 is 0 Å². The Bertz CT molecular complexity index is 787. The Kier molecular flexibility index (Phi) is 6.26. The molecule has 0 aliphatic rings. The van der Waals surface area contributed by atoms with Crippen molar-refractivity contribution in [3.05, 3.63) is 46.9 Å². The quantitative estimate of drug-likeness (QED) is 0.683. The molecule has 0 aliphatic heterocycles. The Labute approximate surface area is 150 Å². The predicted molar refractivity (Wildman–Crippen MR) is 95.7 cm³/mol. The van der Waals surface area contributed by atoms with Gasteiger partial charge in [-0.3, -0.25) is 0 Å². The van der Waals surface area contributed by atoms with Crippen LogP contribution in [0.2, 0.25) is 0 Å². The van der Waals surface area contributed by atoms with Crippen molar-refractivity contribution in [2.45, 2.75) is 17.9 Å². The molecular formula is C17H19BrO5S. The van der Waals surface area contributed by atoms with E-state index in [9.17, 15) is 8.42 Å². The molecule has 2 aromatic rings. The molecule has 0 aliphatic carbocycles. The van der Waals surface area contributed by atoms with Gasteiger partial charge in [-0.05, 0) is 43.3 Å². The van der Waals surface area contributed by atoms with Crippen LogP contribution in [0.5, 0.6) is 17.2 Å². The molecule has 0 amide bonds. The topological polar surface area (TPSA) is 61.8 Å². The standard InChI is InChI=1S/C17H19BrO5S/c1-12(11-21-2)22-15-8-13(18)9-16(10-15)23-14-4-6-17(7-5-14)24(3,19)20/h4-10,12H,11H2,1-3H3/t12-/m0/s1. The zero-order valence-electron chi connectivity index (χ0n) is 13.7. The van der Waals surface area contributed by atoms with Crippen molar-refractivity contribution in [1.82, 2.24) is 0 Å². The third-order valence-corrected chi connectivity index (χ3v) is 4.66. The molecule has 0 saturated heterocycles. The lowest BCUT2D eigenvalue weighted by molar-refractivity contribution is 0.0919. The summed E-state index contributed by atoms with van der Waals surface area (Å²) in [4.78, 5) is 0.251. The first-order chi connectivity index (χ1) is 11.3. The van der Waals surface area contributed by atoms with Gasteiger partial charge in [-0.1, -0.05) is 15.9 Å². The molecule has 0 N–H and O–H groups in total. The molecule has 2 aromatic carbocycles. The van der Waals surface area contributed by atoms with Gasteiger partial charge in [0.05, 0.1) is 11.5 Å². The van der Waals surface area contributed by atoms with Crippen LogP contribution in [0.25, 0.3) is 0 Å². The normalized spacial score (nSPS) is 12.7. The zero-order valence-corrected chi connectivity index (χ0v) is 16.1. The third-order valence-electron chi connectivity index (χ3n) is 3.07. The van der Waals surface area contributed by atoms with Crippen molar-refractivity contribution in [2.24, 2.45) is 0 Å². The van der Waals surface area contributed by atoms with Crippen LogP contribution in [0.1, 0.15) is 6.92 Å². The Morgan fingerprint density at radius 1 is 1.04 bits per heavy atom. The lowest BCUT2D eigenvalue weighted by atomic mass is 10.3. The summed E-state index contributed by atoms with van der Waals surface area (Å²) < 4.78 is 40.4. The van der Waals surface area contributed by atoms with Crippen LogP contribution >= 0.6 is 15.9 Å². The van der Waals surface area contributed by atoms with Gasteiger partial charge in [0.15, 0.2) is 9.84 Å². The highest BCUT2D eigenvalue weighted by Crippen LogP contribution is 2.30. The van der Waals surface area contributed by atoms with E-state index in [1.54, 1.807) is 31.4 Å². The average Bonchev–Trinajstić information content (AvgIpc) is 2.46. The summed E-state index contributed by atoms with van der Waals surface area (Å²) in [6.07, 6.45) is 1.08. The third kappa shape index (κ3) is 5.51. The smallest absolute Gasteiger partial charge is 0.175 e. The van der Waals surface area contributed by atoms with Crippen molar-refractivity contribution in [3.8, 4) is 17.2 Å². The molecule has 2 rings (SSSR count). The Morgan fingerprint density at radius 2 is 1.67 bits per heavy atom. The van der Waals surface area contributed by atoms with E-state index in [1.165, 1.54) is 18.4 Å². The van der Waals surface area contributed by atoms with E-state index in [1.807, 2.05) is 13.0 Å². The Morgan fingerprint density at radius 3 is 2.25 bits per heavy atom. The first-order valence-electron chi connectivity index (χ1n) is 7.22. The van der Waals surface area contributed by atoms with Crippen molar-refractivity contribution < 1.29 is 22.6 Å². The van der Waals surface area contributed by atoms with E-state index in [2.05, 4.69) is 15.9 Å². The summed E-state index contributed by atoms with van der Waals surface area (Å²) in [5.41, 5.74) is 0. The fraction of sp³-hybridized carbons (Fsp3) is 0.294. The number of ether oxygens (including phenoxy) is 3. The fourth-order valence-electron chi connectivity index (χ4n) is 2.06. The maximum absolute atomic E-state index is 11.5.